The summed E-state index contributed by atoms with van der Waals surface area (Å²) in [6, 6.07) is 19.3. The highest BCUT2D eigenvalue weighted by Crippen LogP contribution is 2.28. The molecule has 3 aromatic rings. The minimum Gasteiger partial charge on any atom is -0.493 e. The Hall–Kier alpha value is -5.59. The first kappa shape index (κ1) is 39.2. The van der Waals surface area contributed by atoms with E-state index in [4.69, 9.17) is 14.2 Å². The summed E-state index contributed by atoms with van der Waals surface area (Å²) in [4.78, 5) is 67.3. The molecule has 13 heteroatoms. The molecule has 0 saturated carbocycles. The third kappa shape index (κ3) is 11.5. The number of amides is 5. The van der Waals surface area contributed by atoms with Crippen molar-refractivity contribution < 1.29 is 38.2 Å². The van der Waals surface area contributed by atoms with Crippen LogP contribution in [-0.2, 0) is 32.0 Å². The van der Waals surface area contributed by atoms with Crippen molar-refractivity contribution in [2.45, 2.75) is 70.5 Å². The van der Waals surface area contributed by atoms with Crippen LogP contribution in [0.4, 0.5) is 0 Å². The average Bonchev–Trinajstić information content (AvgIpc) is 3.13. The summed E-state index contributed by atoms with van der Waals surface area (Å²) in [5.74, 6) is -1.26. The third-order valence-electron chi connectivity index (χ3n) is 8.41. The summed E-state index contributed by atoms with van der Waals surface area (Å²) >= 11 is 0. The van der Waals surface area contributed by atoms with Gasteiger partial charge < -0.3 is 40.8 Å². The lowest BCUT2D eigenvalue weighted by molar-refractivity contribution is -0.135. The molecule has 13 nitrogen and oxygen atoms in total. The molecule has 0 radical (unpaired) electrons. The van der Waals surface area contributed by atoms with Crippen LogP contribution < -0.4 is 40.8 Å². The molecule has 0 aliphatic carbocycles. The number of carbonyl (C=O) groups excluding carboxylic acids is 5. The SMILES string of the molecule is CCOc1ccc(CCCNC(=O)[C@@H]2CC(=O)NC(C)(C)C(=O)N[C@@H](Cc3ccccc3)C(=O)NCCCOc3ccccc3C(=O)N2)cc1OC. The summed E-state index contributed by atoms with van der Waals surface area (Å²) in [6.07, 6.45) is 1.38. The van der Waals surface area contributed by atoms with Gasteiger partial charge in [0.15, 0.2) is 11.5 Å². The standard InChI is InChI=1S/C39H49N5O8/c1-5-51-32-19-18-27(24-33(32)50-4)15-11-20-40-37(48)30-25-34(45)44-39(2,3)38(49)43-29(23-26-13-7-6-8-14-26)36(47)41-21-12-22-52-31-17-10-9-16-28(31)35(46)42-30/h6-10,13-14,16-19,24,29-30H,5,11-12,15,20-23,25H2,1-4H3,(H,40,48)(H,41,47)(H,42,46)(H,43,49)(H,44,45)/t29-,30-/m0/s1. The number of para-hydroxylation sites is 1. The van der Waals surface area contributed by atoms with Crippen LogP contribution in [0.1, 0.15) is 61.5 Å². The van der Waals surface area contributed by atoms with Crippen LogP contribution in [0.3, 0.4) is 0 Å². The molecule has 0 aromatic heterocycles. The van der Waals surface area contributed by atoms with E-state index in [2.05, 4.69) is 26.6 Å². The van der Waals surface area contributed by atoms with Gasteiger partial charge in [-0.2, -0.15) is 0 Å². The Morgan fingerprint density at radius 2 is 1.69 bits per heavy atom. The van der Waals surface area contributed by atoms with Crippen molar-refractivity contribution in [1.82, 2.24) is 26.6 Å². The molecule has 4 rings (SSSR count). The Morgan fingerprint density at radius 1 is 0.942 bits per heavy atom. The number of rotatable bonds is 10. The van der Waals surface area contributed by atoms with E-state index in [9.17, 15) is 24.0 Å². The normalized spacial score (nSPS) is 18.5. The van der Waals surface area contributed by atoms with Crippen molar-refractivity contribution in [3.05, 3.63) is 89.5 Å². The number of hydrogen-bond acceptors (Lipinski definition) is 8. The molecule has 0 bridgehead atoms. The zero-order chi connectivity index (χ0) is 37.5. The molecule has 0 fully saturated rings. The van der Waals surface area contributed by atoms with E-state index in [-0.39, 0.29) is 37.4 Å². The van der Waals surface area contributed by atoms with Gasteiger partial charge in [0.05, 0.1) is 32.3 Å². The summed E-state index contributed by atoms with van der Waals surface area (Å²) < 4.78 is 16.9. The summed E-state index contributed by atoms with van der Waals surface area (Å²) in [5, 5.41) is 13.9. The van der Waals surface area contributed by atoms with Gasteiger partial charge in [0.1, 0.15) is 23.4 Å². The molecule has 1 heterocycles. The number of benzene rings is 3. The first-order chi connectivity index (χ1) is 25.0. The second-order valence-corrected chi connectivity index (χ2v) is 12.9. The Kier molecular flexibility index (Phi) is 14.4. The van der Waals surface area contributed by atoms with Crippen LogP contribution in [0.15, 0.2) is 72.8 Å². The average molecular weight is 716 g/mol. The highest BCUT2D eigenvalue weighted by molar-refractivity contribution is 6.01. The second kappa shape index (κ2) is 19.1. The number of hydrogen-bond donors (Lipinski definition) is 5. The van der Waals surface area contributed by atoms with Gasteiger partial charge in [0.2, 0.25) is 23.6 Å². The quantitative estimate of drug-likeness (QED) is 0.200. The lowest BCUT2D eigenvalue weighted by Gasteiger charge is -2.29. The highest BCUT2D eigenvalue weighted by atomic mass is 16.5. The van der Waals surface area contributed by atoms with Crippen LogP contribution >= 0.6 is 0 Å². The van der Waals surface area contributed by atoms with Crippen molar-refractivity contribution in [1.29, 1.82) is 0 Å². The molecule has 1 aliphatic rings. The fraction of sp³-hybridized carbons (Fsp3) is 0.410. The fourth-order valence-corrected chi connectivity index (χ4v) is 5.62. The van der Waals surface area contributed by atoms with E-state index in [1.165, 1.54) is 13.8 Å². The van der Waals surface area contributed by atoms with Gasteiger partial charge in [-0.1, -0.05) is 48.5 Å². The number of carbonyl (C=O) groups is 5. The smallest absolute Gasteiger partial charge is 0.255 e. The summed E-state index contributed by atoms with van der Waals surface area (Å²) in [7, 11) is 1.57. The Bertz CT molecular complexity index is 1700. The van der Waals surface area contributed by atoms with E-state index >= 15 is 0 Å². The number of nitrogens with one attached hydrogen (secondary N) is 5. The van der Waals surface area contributed by atoms with Crippen molar-refractivity contribution in [2.24, 2.45) is 0 Å². The molecule has 1 aliphatic heterocycles. The molecular weight excluding hydrogens is 666 g/mol. The minimum absolute atomic E-state index is 0.179. The number of fused-ring (bicyclic) bond motifs is 1. The van der Waals surface area contributed by atoms with E-state index < -0.39 is 53.6 Å². The van der Waals surface area contributed by atoms with Crippen LogP contribution in [0.2, 0.25) is 0 Å². The van der Waals surface area contributed by atoms with Gasteiger partial charge in [-0.15, -0.1) is 0 Å². The van der Waals surface area contributed by atoms with E-state index in [0.29, 0.717) is 37.4 Å². The zero-order valence-electron chi connectivity index (χ0n) is 30.2. The maximum atomic E-state index is 13.5. The van der Waals surface area contributed by atoms with Crippen molar-refractivity contribution in [2.75, 3.05) is 33.4 Å². The van der Waals surface area contributed by atoms with Crippen LogP contribution in [0, 0.1) is 0 Å². The van der Waals surface area contributed by atoms with E-state index in [1.54, 1.807) is 31.4 Å². The van der Waals surface area contributed by atoms with Crippen molar-refractivity contribution in [3.8, 4) is 17.2 Å². The van der Waals surface area contributed by atoms with Crippen LogP contribution in [0.5, 0.6) is 17.2 Å². The zero-order valence-corrected chi connectivity index (χ0v) is 30.2. The molecule has 5 amide bonds. The predicted octanol–water partition coefficient (Wildman–Crippen LogP) is 2.85. The Balaban J connectivity index is 1.50. The third-order valence-corrected chi connectivity index (χ3v) is 8.41. The van der Waals surface area contributed by atoms with Gasteiger partial charge in [-0.3, -0.25) is 24.0 Å². The molecule has 0 spiro atoms. The van der Waals surface area contributed by atoms with Gasteiger partial charge in [-0.25, -0.2) is 0 Å². The Morgan fingerprint density at radius 3 is 2.44 bits per heavy atom. The first-order valence-electron chi connectivity index (χ1n) is 17.5. The van der Waals surface area contributed by atoms with Gasteiger partial charge >= 0.3 is 0 Å². The molecule has 0 unspecified atom stereocenters. The van der Waals surface area contributed by atoms with Crippen LogP contribution in [-0.4, -0.2) is 80.6 Å². The molecule has 278 valence electrons. The van der Waals surface area contributed by atoms with Gasteiger partial charge in [-0.05, 0) is 75.4 Å². The maximum absolute atomic E-state index is 13.5. The largest absolute Gasteiger partial charge is 0.493 e. The highest BCUT2D eigenvalue weighted by Gasteiger charge is 2.35. The van der Waals surface area contributed by atoms with Crippen LogP contribution in [0.25, 0.3) is 0 Å². The van der Waals surface area contributed by atoms with E-state index in [0.717, 1.165) is 11.1 Å². The topological polar surface area (TPSA) is 173 Å². The lowest BCUT2D eigenvalue weighted by Crippen LogP contribution is -2.60. The molecule has 0 saturated heterocycles. The molecule has 5 N–H and O–H groups in total. The minimum atomic E-state index is -1.47. The monoisotopic (exact) mass is 715 g/mol. The molecule has 2 atom stereocenters. The predicted molar refractivity (Wildman–Crippen MR) is 195 cm³/mol. The molecular formula is C39H49N5O8. The maximum Gasteiger partial charge on any atom is 0.255 e. The van der Waals surface area contributed by atoms with Gasteiger partial charge in [0, 0.05) is 19.5 Å². The molecule has 3 aromatic carbocycles. The van der Waals surface area contributed by atoms with Crippen molar-refractivity contribution in [3.63, 3.8) is 0 Å². The second-order valence-electron chi connectivity index (χ2n) is 12.9. The summed E-state index contributed by atoms with van der Waals surface area (Å²) in [6.45, 7) is 6.11. The number of aryl methyl sites for hydroxylation is 1. The fourth-order valence-electron chi connectivity index (χ4n) is 5.62. The van der Waals surface area contributed by atoms with Crippen molar-refractivity contribution >= 4 is 29.5 Å². The van der Waals surface area contributed by atoms with Gasteiger partial charge in [0.25, 0.3) is 5.91 Å². The number of ether oxygens (including phenoxy) is 3. The summed E-state index contributed by atoms with van der Waals surface area (Å²) in [5.41, 5.74) is 0.537. The first-order valence-corrected chi connectivity index (χ1v) is 17.5. The van der Waals surface area contributed by atoms with E-state index in [1.807, 2.05) is 55.5 Å². The lowest BCUT2D eigenvalue weighted by atomic mass is 10.00. The molecule has 52 heavy (non-hydrogen) atoms. The Labute approximate surface area is 304 Å². The number of methoxy groups -OCH3 is 1.